The first-order valence-corrected chi connectivity index (χ1v) is 8.07. The number of pyridine rings is 1. The lowest BCUT2D eigenvalue weighted by Crippen LogP contribution is -2.44. The summed E-state index contributed by atoms with van der Waals surface area (Å²) in [5.74, 6) is -0.198. The van der Waals surface area contributed by atoms with Crippen LogP contribution in [0, 0.1) is 0 Å². The molecule has 0 radical (unpaired) electrons. The third-order valence-electron chi connectivity index (χ3n) is 3.98. The SMILES string of the molecule is CCCc1cc(C(=O)NCC2(O)CCCCC2)cc(Cl)n1. The average Bonchev–Trinajstić information content (AvgIpc) is 2.45. The second-order valence-electron chi connectivity index (χ2n) is 5.89. The van der Waals surface area contributed by atoms with Crippen molar-refractivity contribution < 1.29 is 9.90 Å². The van der Waals surface area contributed by atoms with Gasteiger partial charge < -0.3 is 10.4 Å². The Kier molecular flexibility index (Phi) is 5.59. The van der Waals surface area contributed by atoms with E-state index in [-0.39, 0.29) is 5.91 Å². The van der Waals surface area contributed by atoms with Crippen molar-refractivity contribution in [2.45, 2.75) is 57.5 Å². The number of amides is 1. The molecule has 116 valence electrons. The van der Waals surface area contributed by atoms with Gasteiger partial charge in [-0.05, 0) is 31.4 Å². The van der Waals surface area contributed by atoms with Crippen LogP contribution in [0.2, 0.25) is 5.15 Å². The summed E-state index contributed by atoms with van der Waals surface area (Å²) in [6, 6.07) is 3.34. The zero-order valence-electron chi connectivity index (χ0n) is 12.5. The highest BCUT2D eigenvalue weighted by Gasteiger charge is 2.29. The van der Waals surface area contributed by atoms with Crippen molar-refractivity contribution in [1.82, 2.24) is 10.3 Å². The Hall–Kier alpha value is -1.13. The molecule has 4 nitrogen and oxygen atoms in total. The minimum absolute atomic E-state index is 0.198. The van der Waals surface area contributed by atoms with Crippen molar-refractivity contribution in [1.29, 1.82) is 0 Å². The van der Waals surface area contributed by atoms with Gasteiger partial charge >= 0.3 is 0 Å². The zero-order valence-corrected chi connectivity index (χ0v) is 13.2. The molecule has 0 aliphatic heterocycles. The molecule has 2 N–H and O–H groups in total. The molecule has 1 heterocycles. The fourth-order valence-corrected chi connectivity index (χ4v) is 3.03. The number of halogens is 1. The van der Waals surface area contributed by atoms with Crippen LogP contribution in [0.3, 0.4) is 0 Å². The normalized spacial score (nSPS) is 17.5. The smallest absolute Gasteiger partial charge is 0.251 e. The van der Waals surface area contributed by atoms with Crippen molar-refractivity contribution in [3.8, 4) is 0 Å². The van der Waals surface area contributed by atoms with Crippen LogP contribution in [0.15, 0.2) is 12.1 Å². The van der Waals surface area contributed by atoms with Gasteiger partial charge in [0.15, 0.2) is 0 Å². The Bertz CT molecular complexity index is 499. The number of aryl methyl sites for hydroxylation is 1. The van der Waals surface area contributed by atoms with Crippen molar-refractivity contribution in [2.75, 3.05) is 6.54 Å². The topological polar surface area (TPSA) is 62.2 Å². The lowest BCUT2D eigenvalue weighted by molar-refractivity contribution is 0.00525. The van der Waals surface area contributed by atoms with Gasteiger partial charge in [-0.15, -0.1) is 0 Å². The number of hydrogen-bond acceptors (Lipinski definition) is 3. The van der Waals surface area contributed by atoms with E-state index < -0.39 is 5.60 Å². The quantitative estimate of drug-likeness (QED) is 0.821. The maximum atomic E-state index is 12.2. The van der Waals surface area contributed by atoms with Gasteiger partial charge in [0.2, 0.25) is 0 Å². The van der Waals surface area contributed by atoms with Gasteiger partial charge in [0.05, 0.1) is 5.60 Å². The molecule has 0 spiro atoms. The molecule has 21 heavy (non-hydrogen) atoms. The van der Waals surface area contributed by atoms with E-state index >= 15 is 0 Å². The molecule has 0 unspecified atom stereocenters. The highest BCUT2D eigenvalue weighted by atomic mass is 35.5. The number of carbonyl (C=O) groups is 1. The first-order valence-electron chi connectivity index (χ1n) is 7.69. The molecule has 2 rings (SSSR count). The molecule has 1 fully saturated rings. The zero-order chi connectivity index (χ0) is 15.3. The molecule has 1 aromatic heterocycles. The largest absolute Gasteiger partial charge is 0.388 e. The second kappa shape index (κ2) is 7.23. The Balaban J connectivity index is 1.99. The number of hydrogen-bond donors (Lipinski definition) is 2. The van der Waals surface area contributed by atoms with Gasteiger partial charge in [-0.2, -0.15) is 0 Å². The molecule has 1 aliphatic carbocycles. The van der Waals surface area contributed by atoms with Crippen LogP contribution >= 0.6 is 11.6 Å². The monoisotopic (exact) mass is 310 g/mol. The molecule has 1 aromatic rings. The molecule has 0 atom stereocenters. The van der Waals surface area contributed by atoms with Gasteiger partial charge in [-0.1, -0.05) is 44.2 Å². The standard InChI is InChI=1S/C16H23ClN2O2/c1-2-6-13-9-12(10-14(17)19-13)15(20)18-11-16(21)7-4-3-5-8-16/h9-10,21H,2-8,11H2,1H3,(H,18,20). The second-order valence-corrected chi connectivity index (χ2v) is 6.27. The van der Waals surface area contributed by atoms with Crippen molar-refractivity contribution in [3.05, 3.63) is 28.5 Å². The van der Waals surface area contributed by atoms with Gasteiger partial charge in [-0.3, -0.25) is 4.79 Å². The van der Waals surface area contributed by atoms with Gasteiger partial charge in [0.1, 0.15) is 5.15 Å². The van der Waals surface area contributed by atoms with E-state index in [1.54, 1.807) is 12.1 Å². The van der Waals surface area contributed by atoms with Gasteiger partial charge in [0.25, 0.3) is 5.91 Å². The maximum absolute atomic E-state index is 12.2. The van der Waals surface area contributed by atoms with Crippen LogP contribution in [0.5, 0.6) is 0 Å². The fourth-order valence-electron chi connectivity index (χ4n) is 2.80. The molecule has 1 saturated carbocycles. The number of nitrogens with one attached hydrogen (secondary N) is 1. The molecule has 0 aromatic carbocycles. The van der Waals surface area contributed by atoms with Crippen molar-refractivity contribution in [2.24, 2.45) is 0 Å². The number of aliphatic hydroxyl groups is 1. The molecule has 0 bridgehead atoms. The first kappa shape index (κ1) is 16.2. The third-order valence-corrected chi connectivity index (χ3v) is 4.17. The lowest BCUT2D eigenvalue weighted by atomic mass is 9.85. The number of nitrogens with zero attached hydrogens (tertiary/aromatic N) is 1. The Labute approximate surface area is 130 Å². The summed E-state index contributed by atoms with van der Waals surface area (Å²) in [6.45, 7) is 2.36. The Morgan fingerprint density at radius 3 is 2.76 bits per heavy atom. The molecule has 5 heteroatoms. The summed E-state index contributed by atoms with van der Waals surface area (Å²) >= 11 is 5.97. The van der Waals surface area contributed by atoms with Gasteiger partial charge in [0, 0.05) is 17.8 Å². The molecule has 1 aliphatic rings. The predicted molar refractivity (Wildman–Crippen MR) is 83.6 cm³/mol. The fraction of sp³-hybridized carbons (Fsp3) is 0.625. The maximum Gasteiger partial charge on any atom is 0.251 e. The van der Waals surface area contributed by atoms with E-state index in [2.05, 4.69) is 17.2 Å². The van der Waals surface area contributed by atoms with E-state index in [1.807, 2.05) is 0 Å². The van der Waals surface area contributed by atoms with Crippen LogP contribution in [-0.4, -0.2) is 28.1 Å². The van der Waals surface area contributed by atoms with Crippen LogP contribution in [0.25, 0.3) is 0 Å². The minimum Gasteiger partial charge on any atom is -0.388 e. The average molecular weight is 311 g/mol. The van der Waals surface area contributed by atoms with E-state index in [4.69, 9.17) is 11.6 Å². The minimum atomic E-state index is -0.753. The predicted octanol–water partition coefficient (Wildman–Crippen LogP) is 3.11. The third kappa shape index (κ3) is 4.68. The first-order chi connectivity index (χ1) is 10.0. The van der Waals surface area contributed by atoms with Crippen molar-refractivity contribution >= 4 is 17.5 Å². The summed E-state index contributed by atoms with van der Waals surface area (Å²) in [6.07, 6.45) is 6.47. The van der Waals surface area contributed by atoms with Crippen LogP contribution in [0.1, 0.15) is 61.5 Å². The highest BCUT2D eigenvalue weighted by Crippen LogP contribution is 2.27. The summed E-state index contributed by atoms with van der Waals surface area (Å²) in [5.41, 5.74) is 0.584. The molecular weight excluding hydrogens is 288 g/mol. The van der Waals surface area contributed by atoms with Crippen LogP contribution in [0.4, 0.5) is 0 Å². The molecule has 1 amide bonds. The number of carbonyl (C=O) groups excluding carboxylic acids is 1. The number of aromatic nitrogens is 1. The van der Waals surface area contributed by atoms with E-state index in [0.717, 1.165) is 50.6 Å². The summed E-state index contributed by atoms with van der Waals surface area (Å²) in [4.78, 5) is 16.4. The molecule has 0 saturated heterocycles. The van der Waals surface area contributed by atoms with E-state index in [9.17, 15) is 9.90 Å². The Morgan fingerprint density at radius 2 is 2.10 bits per heavy atom. The van der Waals surface area contributed by atoms with Crippen LogP contribution in [-0.2, 0) is 6.42 Å². The summed E-state index contributed by atoms with van der Waals surface area (Å²) in [5, 5.41) is 13.6. The van der Waals surface area contributed by atoms with Crippen molar-refractivity contribution in [3.63, 3.8) is 0 Å². The van der Waals surface area contributed by atoms with Gasteiger partial charge in [-0.25, -0.2) is 4.98 Å². The summed E-state index contributed by atoms with van der Waals surface area (Å²) in [7, 11) is 0. The molecular formula is C16H23ClN2O2. The van der Waals surface area contributed by atoms with Crippen LogP contribution < -0.4 is 5.32 Å². The highest BCUT2D eigenvalue weighted by molar-refractivity contribution is 6.29. The van der Waals surface area contributed by atoms with E-state index in [0.29, 0.717) is 17.3 Å². The Morgan fingerprint density at radius 1 is 1.38 bits per heavy atom. The lowest BCUT2D eigenvalue weighted by Gasteiger charge is -2.32. The number of rotatable bonds is 5. The van der Waals surface area contributed by atoms with E-state index in [1.165, 1.54) is 0 Å². The summed E-state index contributed by atoms with van der Waals surface area (Å²) < 4.78 is 0.